The van der Waals surface area contributed by atoms with Crippen LogP contribution in [0, 0.1) is 0 Å². The maximum atomic E-state index is 13.0. The van der Waals surface area contributed by atoms with Gasteiger partial charge in [0.25, 0.3) is 5.91 Å². The molecule has 1 aromatic carbocycles. The van der Waals surface area contributed by atoms with Crippen LogP contribution in [0.15, 0.2) is 24.3 Å². The van der Waals surface area contributed by atoms with E-state index >= 15 is 0 Å². The van der Waals surface area contributed by atoms with Gasteiger partial charge in [-0.1, -0.05) is 31.9 Å². The Labute approximate surface area is 160 Å². The smallest absolute Gasteiger partial charge is 0.308 e. The lowest BCUT2D eigenvalue weighted by molar-refractivity contribution is -0.147. The standard InChI is InChI=1S/C20H28N2O5/c1-3-5-8-13-27-18(23)14-16-19(24)21-11-12-22(16)20(25)15-9-6-7-10-17(15)26-4-2/h6-7,9-10,16H,3-5,8,11-14H2,1-2H3,(H,21,24). The van der Waals surface area contributed by atoms with Crippen molar-refractivity contribution in [3.05, 3.63) is 29.8 Å². The second-order valence-corrected chi connectivity index (χ2v) is 6.37. The summed E-state index contributed by atoms with van der Waals surface area (Å²) >= 11 is 0. The van der Waals surface area contributed by atoms with Gasteiger partial charge in [0.15, 0.2) is 0 Å². The molecule has 0 aromatic heterocycles. The van der Waals surface area contributed by atoms with E-state index in [-0.39, 0.29) is 18.2 Å². The molecule has 1 aromatic rings. The molecule has 2 rings (SSSR count). The molecule has 7 nitrogen and oxygen atoms in total. The van der Waals surface area contributed by atoms with Crippen LogP contribution in [0.4, 0.5) is 0 Å². The Morgan fingerprint density at radius 2 is 2.00 bits per heavy atom. The van der Waals surface area contributed by atoms with Crippen molar-refractivity contribution in [2.75, 3.05) is 26.3 Å². The SMILES string of the molecule is CCCCCOC(=O)CC1C(=O)NCCN1C(=O)c1ccccc1OCC. The van der Waals surface area contributed by atoms with Gasteiger partial charge in [0.2, 0.25) is 5.91 Å². The molecular formula is C20H28N2O5. The molecule has 1 saturated heterocycles. The lowest BCUT2D eigenvalue weighted by Crippen LogP contribution is -2.57. The maximum Gasteiger partial charge on any atom is 0.308 e. The van der Waals surface area contributed by atoms with Gasteiger partial charge in [0.1, 0.15) is 11.8 Å². The van der Waals surface area contributed by atoms with E-state index in [0.717, 1.165) is 19.3 Å². The summed E-state index contributed by atoms with van der Waals surface area (Å²) in [7, 11) is 0. The highest BCUT2D eigenvalue weighted by Gasteiger charge is 2.36. The molecular weight excluding hydrogens is 348 g/mol. The summed E-state index contributed by atoms with van der Waals surface area (Å²) in [6.45, 7) is 5.35. The molecule has 1 unspecified atom stereocenters. The van der Waals surface area contributed by atoms with Crippen molar-refractivity contribution >= 4 is 17.8 Å². The summed E-state index contributed by atoms with van der Waals surface area (Å²) in [5.74, 6) is -0.660. The Bertz CT molecular complexity index is 662. The zero-order valence-corrected chi connectivity index (χ0v) is 16.0. The van der Waals surface area contributed by atoms with Crippen LogP contribution in [-0.4, -0.2) is 55.0 Å². The first-order valence-electron chi connectivity index (χ1n) is 9.54. The third-order valence-corrected chi connectivity index (χ3v) is 4.38. The van der Waals surface area contributed by atoms with E-state index in [1.807, 2.05) is 6.92 Å². The van der Waals surface area contributed by atoms with Crippen LogP contribution in [-0.2, 0) is 14.3 Å². The number of hydrogen-bond acceptors (Lipinski definition) is 5. The normalized spacial score (nSPS) is 16.6. The van der Waals surface area contributed by atoms with Crippen molar-refractivity contribution < 1.29 is 23.9 Å². The zero-order valence-electron chi connectivity index (χ0n) is 16.0. The van der Waals surface area contributed by atoms with Crippen LogP contribution in [0.2, 0.25) is 0 Å². The van der Waals surface area contributed by atoms with Crippen LogP contribution in [0.3, 0.4) is 0 Å². The second kappa shape index (κ2) is 10.5. The molecule has 1 aliphatic heterocycles. The van der Waals surface area contributed by atoms with Gasteiger partial charge in [0.05, 0.1) is 25.2 Å². The van der Waals surface area contributed by atoms with Crippen LogP contribution in [0.25, 0.3) is 0 Å². The molecule has 7 heteroatoms. The fraction of sp³-hybridized carbons (Fsp3) is 0.550. The highest BCUT2D eigenvalue weighted by molar-refractivity contribution is 6.01. The number of rotatable bonds is 9. The number of nitrogens with one attached hydrogen (secondary N) is 1. The Morgan fingerprint density at radius 1 is 1.22 bits per heavy atom. The number of nitrogens with zero attached hydrogens (tertiary/aromatic N) is 1. The number of hydrogen-bond donors (Lipinski definition) is 1. The topological polar surface area (TPSA) is 84.9 Å². The van der Waals surface area contributed by atoms with Gasteiger partial charge in [-0.05, 0) is 25.5 Å². The number of benzene rings is 1. The van der Waals surface area contributed by atoms with E-state index in [0.29, 0.717) is 37.6 Å². The second-order valence-electron chi connectivity index (χ2n) is 6.37. The molecule has 27 heavy (non-hydrogen) atoms. The molecule has 1 aliphatic rings. The Balaban J connectivity index is 2.10. The fourth-order valence-corrected chi connectivity index (χ4v) is 2.99. The number of esters is 1. The number of carbonyl (C=O) groups excluding carboxylic acids is 3. The molecule has 1 N–H and O–H groups in total. The van der Waals surface area contributed by atoms with Gasteiger partial charge in [-0.3, -0.25) is 14.4 Å². The molecule has 1 atom stereocenters. The Morgan fingerprint density at radius 3 is 2.74 bits per heavy atom. The Hall–Kier alpha value is -2.57. The number of amides is 2. The van der Waals surface area contributed by atoms with Crippen LogP contribution in [0.1, 0.15) is 49.9 Å². The van der Waals surface area contributed by atoms with Gasteiger partial charge >= 0.3 is 5.97 Å². The first-order valence-corrected chi connectivity index (χ1v) is 9.54. The zero-order chi connectivity index (χ0) is 19.6. The maximum absolute atomic E-state index is 13.0. The quantitative estimate of drug-likeness (QED) is 0.527. The van der Waals surface area contributed by atoms with Gasteiger partial charge < -0.3 is 19.7 Å². The third-order valence-electron chi connectivity index (χ3n) is 4.38. The fourth-order valence-electron chi connectivity index (χ4n) is 2.99. The van der Waals surface area contributed by atoms with Crippen molar-refractivity contribution in [1.29, 1.82) is 0 Å². The predicted octanol–water partition coefficient (Wildman–Crippen LogP) is 2.15. The molecule has 0 bridgehead atoms. The van der Waals surface area contributed by atoms with Gasteiger partial charge in [-0.2, -0.15) is 0 Å². The Kier molecular flexibility index (Phi) is 8.10. The molecule has 0 spiro atoms. The molecule has 2 amide bonds. The van der Waals surface area contributed by atoms with Crippen LogP contribution >= 0.6 is 0 Å². The summed E-state index contributed by atoms with van der Waals surface area (Å²) in [6.07, 6.45) is 2.66. The summed E-state index contributed by atoms with van der Waals surface area (Å²) in [4.78, 5) is 38.9. The summed E-state index contributed by atoms with van der Waals surface area (Å²) in [5, 5.41) is 2.72. The van der Waals surface area contributed by atoms with Crippen molar-refractivity contribution in [2.45, 2.75) is 45.6 Å². The minimum Gasteiger partial charge on any atom is -0.493 e. The average molecular weight is 376 g/mol. The molecule has 0 aliphatic carbocycles. The summed E-state index contributed by atoms with van der Waals surface area (Å²) in [5.41, 5.74) is 0.385. The van der Waals surface area contributed by atoms with E-state index in [1.165, 1.54) is 4.90 Å². The highest BCUT2D eigenvalue weighted by Crippen LogP contribution is 2.22. The van der Waals surface area contributed by atoms with E-state index in [9.17, 15) is 14.4 Å². The lowest BCUT2D eigenvalue weighted by atomic mass is 10.1. The van der Waals surface area contributed by atoms with Crippen molar-refractivity contribution in [3.8, 4) is 5.75 Å². The van der Waals surface area contributed by atoms with E-state index in [2.05, 4.69) is 12.2 Å². The molecule has 1 heterocycles. The first-order chi connectivity index (χ1) is 13.1. The summed E-state index contributed by atoms with van der Waals surface area (Å²) < 4.78 is 10.7. The first kappa shape index (κ1) is 20.7. The molecule has 0 radical (unpaired) electrons. The van der Waals surface area contributed by atoms with Crippen molar-refractivity contribution in [1.82, 2.24) is 10.2 Å². The number of piperazine rings is 1. The lowest BCUT2D eigenvalue weighted by Gasteiger charge is -2.34. The van der Waals surface area contributed by atoms with Crippen molar-refractivity contribution in [3.63, 3.8) is 0 Å². The number of para-hydroxylation sites is 1. The van der Waals surface area contributed by atoms with Gasteiger partial charge in [-0.15, -0.1) is 0 Å². The highest BCUT2D eigenvalue weighted by atomic mass is 16.5. The number of carbonyl (C=O) groups is 3. The minimum atomic E-state index is -0.875. The van der Waals surface area contributed by atoms with E-state index in [4.69, 9.17) is 9.47 Å². The predicted molar refractivity (Wildman–Crippen MR) is 101 cm³/mol. The molecule has 148 valence electrons. The minimum absolute atomic E-state index is 0.152. The number of ether oxygens (including phenoxy) is 2. The third kappa shape index (κ3) is 5.70. The van der Waals surface area contributed by atoms with Crippen LogP contribution in [0.5, 0.6) is 5.75 Å². The van der Waals surface area contributed by atoms with Gasteiger partial charge in [0, 0.05) is 13.1 Å². The summed E-state index contributed by atoms with van der Waals surface area (Å²) in [6, 6.07) is 6.05. The van der Waals surface area contributed by atoms with Crippen LogP contribution < -0.4 is 10.1 Å². The van der Waals surface area contributed by atoms with E-state index in [1.54, 1.807) is 24.3 Å². The number of unbranched alkanes of at least 4 members (excludes halogenated alkanes) is 2. The molecule has 0 saturated carbocycles. The van der Waals surface area contributed by atoms with Gasteiger partial charge in [-0.25, -0.2) is 0 Å². The average Bonchev–Trinajstić information content (AvgIpc) is 2.67. The monoisotopic (exact) mass is 376 g/mol. The van der Waals surface area contributed by atoms with Crippen molar-refractivity contribution in [2.24, 2.45) is 0 Å². The molecule has 1 fully saturated rings. The largest absolute Gasteiger partial charge is 0.493 e. The van der Waals surface area contributed by atoms with E-state index < -0.39 is 12.0 Å².